The minimum atomic E-state index is 0.330. The van der Waals surface area contributed by atoms with Crippen LogP contribution in [0.25, 0.3) is 12.2 Å². The first-order valence-corrected chi connectivity index (χ1v) is 11.0. The summed E-state index contributed by atoms with van der Waals surface area (Å²) in [5.41, 5.74) is 2.83. The summed E-state index contributed by atoms with van der Waals surface area (Å²) in [4.78, 5) is 4.42. The summed E-state index contributed by atoms with van der Waals surface area (Å²) in [7, 11) is 0. The van der Waals surface area contributed by atoms with E-state index in [1.165, 1.54) is 5.56 Å². The highest BCUT2D eigenvalue weighted by Crippen LogP contribution is 2.23. The van der Waals surface area contributed by atoms with Crippen LogP contribution in [-0.4, -0.2) is 20.0 Å². The second kappa shape index (κ2) is 11.0. The van der Waals surface area contributed by atoms with Crippen molar-refractivity contribution < 1.29 is 9.15 Å². The maximum Gasteiger partial charge on any atom is 0.218 e. The molecule has 0 atom stereocenters. The van der Waals surface area contributed by atoms with Gasteiger partial charge in [-0.15, -0.1) is 5.10 Å². The fourth-order valence-electron chi connectivity index (χ4n) is 3.13. The second-order valence-corrected chi connectivity index (χ2v) is 8.08. The molecule has 0 saturated carbocycles. The number of aryl methyl sites for hydroxylation is 2. The quantitative estimate of drug-likeness (QED) is 0.254. The van der Waals surface area contributed by atoms with E-state index in [2.05, 4.69) is 27.4 Å². The number of unbranched alkanes of at least 4 members (excludes halogenated alkanes) is 1. The monoisotopic (exact) mass is 468 g/mol. The predicted molar refractivity (Wildman–Crippen MR) is 126 cm³/mol. The van der Waals surface area contributed by atoms with Gasteiger partial charge in [0.25, 0.3) is 0 Å². The highest BCUT2D eigenvalue weighted by molar-refractivity contribution is 6.35. The summed E-state index contributed by atoms with van der Waals surface area (Å²) in [5, 5.41) is 8.96. The maximum absolute atomic E-state index is 6.17. The molecule has 4 aromatic rings. The molecule has 0 amide bonds. The first-order valence-electron chi connectivity index (χ1n) is 10.3. The average Bonchev–Trinajstić information content (AvgIpc) is 3.48. The number of oxazole rings is 1. The molecule has 4 rings (SSSR count). The molecule has 0 unspecified atom stereocenters. The summed E-state index contributed by atoms with van der Waals surface area (Å²) in [5.74, 6) is 1.28. The van der Waals surface area contributed by atoms with Crippen molar-refractivity contribution >= 4 is 35.4 Å². The molecule has 0 aliphatic carbocycles. The minimum absolute atomic E-state index is 0.330. The van der Waals surface area contributed by atoms with E-state index in [4.69, 9.17) is 32.4 Å². The number of aromatic nitrogens is 4. The van der Waals surface area contributed by atoms with Crippen molar-refractivity contribution in [2.75, 3.05) is 0 Å². The highest BCUT2D eigenvalue weighted by atomic mass is 35.5. The van der Waals surface area contributed by atoms with Crippen molar-refractivity contribution in [2.45, 2.75) is 32.4 Å². The Morgan fingerprint density at radius 3 is 2.69 bits per heavy atom. The molecule has 2 aromatic carbocycles. The van der Waals surface area contributed by atoms with Gasteiger partial charge in [0.2, 0.25) is 5.89 Å². The molecule has 164 valence electrons. The van der Waals surface area contributed by atoms with E-state index in [-0.39, 0.29) is 0 Å². The number of hydrogen-bond acceptors (Lipinski definition) is 5. The summed E-state index contributed by atoms with van der Waals surface area (Å²) in [6.45, 7) is 1.22. The maximum atomic E-state index is 6.17. The molecule has 8 heteroatoms. The van der Waals surface area contributed by atoms with Gasteiger partial charge in [-0.1, -0.05) is 46.6 Å². The topological polar surface area (TPSA) is 66.0 Å². The van der Waals surface area contributed by atoms with Gasteiger partial charge in [0.1, 0.15) is 24.3 Å². The lowest BCUT2D eigenvalue weighted by atomic mass is 10.1. The first kappa shape index (κ1) is 22.1. The Morgan fingerprint density at radius 1 is 1.03 bits per heavy atom. The van der Waals surface area contributed by atoms with Gasteiger partial charge < -0.3 is 9.15 Å². The number of nitrogens with zero attached hydrogens (tertiary/aromatic N) is 4. The molecule has 2 heterocycles. The van der Waals surface area contributed by atoms with Gasteiger partial charge in [-0.05, 0) is 60.7 Å². The van der Waals surface area contributed by atoms with Crippen molar-refractivity contribution in [3.63, 3.8) is 0 Å². The van der Waals surface area contributed by atoms with Crippen LogP contribution < -0.4 is 4.74 Å². The number of hydrogen-bond donors (Lipinski definition) is 0. The normalized spacial score (nSPS) is 11.3. The van der Waals surface area contributed by atoms with E-state index < -0.39 is 0 Å². The third-order valence-corrected chi connectivity index (χ3v) is 5.38. The van der Waals surface area contributed by atoms with Gasteiger partial charge in [-0.3, -0.25) is 4.68 Å². The van der Waals surface area contributed by atoms with Gasteiger partial charge in [-0.25, -0.2) is 4.98 Å². The SMILES string of the molecule is Clc1ccc(C=Cc2nc(COc3ccc(CCCCn4ccnn4)cc3)co2)c(Cl)c1. The van der Waals surface area contributed by atoms with Crippen molar-refractivity contribution in [1.29, 1.82) is 0 Å². The molecule has 0 fully saturated rings. The fraction of sp³-hybridized carbons (Fsp3) is 0.208. The number of rotatable bonds is 10. The Morgan fingerprint density at radius 2 is 1.91 bits per heavy atom. The Kier molecular flexibility index (Phi) is 7.59. The molecule has 0 spiro atoms. The summed E-state index contributed by atoms with van der Waals surface area (Å²) in [6, 6.07) is 13.5. The number of benzene rings is 2. The van der Waals surface area contributed by atoms with Crippen LogP contribution in [0, 0.1) is 0 Å². The van der Waals surface area contributed by atoms with Crippen LogP contribution in [0.3, 0.4) is 0 Å². The van der Waals surface area contributed by atoms with Gasteiger partial charge in [0.05, 0.1) is 6.20 Å². The summed E-state index contributed by atoms with van der Waals surface area (Å²) >= 11 is 12.1. The molecule has 0 aliphatic rings. The van der Waals surface area contributed by atoms with Crippen LogP contribution >= 0.6 is 23.2 Å². The summed E-state index contributed by atoms with van der Waals surface area (Å²) < 4.78 is 13.2. The zero-order valence-corrected chi connectivity index (χ0v) is 18.8. The molecule has 0 aliphatic heterocycles. The Hall–Kier alpha value is -3.09. The van der Waals surface area contributed by atoms with Crippen molar-refractivity contribution in [1.82, 2.24) is 20.0 Å². The van der Waals surface area contributed by atoms with E-state index in [1.54, 1.807) is 30.7 Å². The predicted octanol–water partition coefficient (Wildman–Crippen LogP) is 6.35. The van der Waals surface area contributed by atoms with Crippen LogP contribution in [-0.2, 0) is 19.6 Å². The fourth-order valence-corrected chi connectivity index (χ4v) is 3.60. The van der Waals surface area contributed by atoms with E-state index in [0.29, 0.717) is 28.2 Å². The van der Waals surface area contributed by atoms with Gasteiger partial charge >= 0.3 is 0 Å². The second-order valence-electron chi connectivity index (χ2n) is 7.23. The molecular weight excluding hydrogens is 447 g/mol. The number of ether oxygens (including phenoxy) is 1. The Bertz CT molecular complexity index is 1160. The average molecular weight is 469 g/mol. The smallest absolute Gasteiger partial charge is 0.218 e. The van der Waals surface area contributed by atoms with E-state index in [9.17, 15) is 0 Å². The molecule has 0 saturated heterocycles. The Balaban J connectivity index is 1.22. The lowest BCUT2D eigenvalue weighted by molar-refractivity contribution is 0.301. The van der Waals surface area contributed by atoms with Crippen LogP contribution in [0.4, 0.5) is 0 Å². The van der Waals surface area contributed by atoms with Crippen molar-refractivity contribution in [3.05, 3.63) is 93.9 Å². The molecular formula is C24H22Cl2N4O2. The first-order chi connectivity index (χ1) is 15.7. The molecule has 2 aromatic heterocycles. The van der Waals surface area contributed by atoms with Crippen LogP contribution in [0.2, 0.25) is 10.0 Å². The number of halogens is 2. The molecule has 0 N–H and O–H groups in total. The molecule has 0 bridgehead atoms. The van der Waals surface area contributed by atoms with Crippen LogP contribution in [0.1, 0.15) is 35.6 Å². The largest absolute Gasteiger partial charge is 0.487 e. The molecule has 32 heavy (non-hydrogen) atoms. The zero-order valence-electron chi connectivity index (χ0n) is 17.3. The molecule has 0 radical (unpaired) electrons. The zero-order chi connectivity index (χ0) is 22.2. The minimum Gasteiger partial charge on any atom is -0.487 e. The van der Waals surface area contributed by atoms with Crippen LogP contribution in [0.15, 0.2) is 65.5 Å². The summed E-state index contributed by atoms with van der Waals surface area (Å²) in [6.07, 6.45) is 11.9. The third-order valence-electron chi connectivity index (χ3n) is 4.82. The van der Waals surface area contributed by atoms with E-state index in [0.717, 1.165) is 37.1 Å². The standard InChI is InChI=1S/C24H22Cl2N4O2/c25-20-8-6-19(23(26)15-20)7-11-24-28-21(17-32-24)16-31-22-9-4-18(5-10-22)3-1-2-13-30-14-12-27-29-30/h4-12,14-15,17H,1-3,13,16H2. The lowest BCUT2D eigenvalue weighted by Gasteiger charge is -2.06. The van der Waals surface area contributed by atoms with Crippen molar-refractivity contribution in [2.24, 2.45) is 0 Å². The van der Waals surface area contributed by atoms with E-state index in [1.807, 2.05) is 35.2 Å². The lowest BCUT2D eigenvalue weighted by Crippen LogP contribution is -1.99. The van der Waals surface area contributed by atoms with Gasteiger partial charge in [0, 0.05) is 28.9 Å². The van der Waals surface area contributed by atoms with Gasteiger partial charge in [0.15, 0.2) is 0 Å². The molecule has 6 nitrogen and oxygen atoms in total. The van der Waals surface area contributed by atoms with Gasteiger partial charge in [-0.2, -0.15) is 0 Å². The van der Waals surface area contributed by atoms with Crippen molar-refractivity contribution in [3.8, 4) is 5.75 Å². The van der Waals surface area contributed by atoms with Crippen LogP contribution in [0.5, 0.6) is 5.75 Å². The third kappa shape index (κ3) is 6.45. The Labute approximate surface area is 196 Å². The van der Waals surface area contributed by atoms with E-state index >= 15 is 0 Å². The highest BCUT2D eigenvalue weighted by Gasteiger charge is 2.04.